The Labute approximate surface area is 293 Å². The number of thioether (sulfide) groups is 1. The Morgan fingerprint density at radius 3 is 2.21 bits per heavy atom. The highest BCUT2D eigenvalue weighted by molar-refractivity contribution is 7.98. The molecule has 0 saturated heterocycles. The van der Waals surface area contributed by atoms with Crippen molar-refractivity contribution in [3.05, 3.63) is 117 Å². The molecule has 0 spiro atoms. The average Bonchev–Trinajstić information content (AvgIpc) is 3.65. The Bertz CT molecular complexity index is 2280. The van der Waals surface area contributed by atoms with Crippen molar-refractivity contribution >= 4 is 17.7 Å². The predicted octanol–water partition coefficient (Wildman–Crippen LogP) is 7.22. The molecule has 1 aliphatic rings. The average molecular weight is 679 g/mol. The molecule has 1 heterocycles. The lowest BCUT2D eigenvalue weighted by Gasteiger charge is -2.28. The summed E-state index contributed by atoms with van der Waals surface area (Å²) in [5.41, 5.74) is -4.97. The summed E-state index contributed by atoms with van der Waals surface area (Å²) in [4.78, 5) is 33.4. The van der Waals surface area contributed by atoms with Gasteiger partial charge in [-0.25, -0.2) is 4.39 Å². The van der Waals surface area contributed by atoms with Crippen LogP contribution in [-0.4, -0.2) is 51.3 Å². The number of benzene rings is 3. The second-order valence-corrected chi connectivity index (χ2v) is 11.2. The van der Waals surface area contributed by atoms with Crippen molar-refractivity contribution in [2.75, 3.05) is 26.1 Å². The van der Waals surface area contributed by atoms with E-state index in [4.69, 9.17) is 13.7 Å². The molecule has 5 rings (SSSR count). The van der Waals surface area contributed by atoms with Crippen LogP contribution in [-0.2, 0) is 42.6 Å². The summed E-state index contributed by atoms with van der Waals surface area (Å²) >= 11 is -0.0489. The fraction of sp³-hybridized carbons (Fsp3) is 0.361. The van der Waals surface area contributed by atoms with Gasteiger partial charge < -0.3 is 14.4 Å². The van der Waals surface area contributed by atoms with Crippen LogP contribution >= 0.6 is 11.8 Å². The minimum atomic E-state index is -4.56. The number of carbonyl (C=O) groups excluding carboxylic acids is 1. The topological polar surface area (TPSA) is 58.4 Å². The maximum atomic E-state index is 14.8. The first-order chi connectivity index (χ1) is 27.2. The zero-order chi connectivity index (χ0) is 44.2. The lowest BCUT2D eigenvalue weighted by atomic mass is 10.0. The first-order valence-corrected chi connectivity index (χ1v) is 15.5. The summed E-state index contributed by atoms with van der Waals surface area (Å²) < 4.78 is 159. The zero-order valence-corrected chi connectivity index (χ0v) is 26.2. The molecule has 1 aliphatic carbocycles. The Morgan fingerprint density at radius 2 is 1.60 bits per heavy atom. The highest BCUT2D eigenvalue weighted by Crippen LogP contribution is 2.31. The number of alkyl halides is 3. The van der Waals surface area contributed by atoms with Crippen LogP contribution in [0.5, 0.6) is 0 Å². The van der Waals surface area contributed by atoms with Crippen LogP contribution < -0.4 is 5.56 Å². The van der Waals surface area contributed by atoms with Gasteiger partial charge in [0.15, 0.2) is 5.16 Å². The van der Waals surface area contributed by atoms with Gasteiger partial charge in [0, 0.05) is 42.0 Å². The molecule has 0 unspecified atom stereocenters. The van der Waals surface area contributed by atoms with Crippen LogP contribution in [0.15, 0.2) is 82.7 Å². The van der Waals surface area contributed by atoms with Gasteiger partial charge in [-0.2, -0.15) is 18.2 Å². The minimum Gasteiger partial charge on any atom is -0.336 e. The Kier molecular flexibility index (Phi) is 7.10. The molecule has 248 valence electrons. The summed E-state index contributed by atoms with van der Waals surface area (Å²) in [5.74, 6) is -3.23. The quantitative estimate of drug-likeness (QED) is 0.0850. The van der Waals surface area contributed by atoms with E-state index in [2.05, 4.69) is 4.98 Å². The van der Waals surface area contributed by atoms with Crippen molar-refractivity contribution in [1.29, 1.82) is 0 Å². The largest absolute Gasteiger partial charge is 0.416 e. The number of carbonyl (C=O) groups is 1. The molecule has 6 nitrogen and oxygen atoms in total. The Hall–Kier alpha value is -3.96. The van der Waals surface area contributed by atoms with E-state index in [1.807, 2.05) is 0 Å². The number of aromatic nitrogens is 2. The number of likely N-dealkylation sites (N-methyl/N-ethyl adjacent to an activating group) is 1. The van der Waals surface area contributed by atoms with Gasteiger partial charge >= 0.3 is 6.18 Å². The van der Waals surface area contributed by atoms with E-state index < -0.39 is 95.7 Å². The van der Waals surface area contributed by atoms with Crippen LogP contribution in [0.2, 0.25) is 0 Å². The maximum absolute atomic E-state index is 14.8. The van der Waals surface area contributed by atoms with E-state index in [0.717, 1.165) is 17.0 Å². The second-order valence-electron chi connectivity index (χ2n) is 10.4. The lowest BCUT2D eigenvalue weighted by Crippen LogP contribution is -2.40. The normalized spacial score (nSPS) is 17.8. The molecule has 1 aromatic heterocycles. The summed E-state index contributed by atoms with van der Waals surface area (Å²) in [6.45, 7) is -7.49. The van der Waals surface area contributed by atoms with Crippen LogP contribution in [0.1, 0.15) is 64.7 Å². The smallest absolute Gasteiger partial charge is 0.336 e. The fourth-order valence-electron chi connectivity index (χ4n) is 4.82. The van der Waals surface area contributed by atoms with Crippen molar-refractivity contribution in [3.63, 3.8) is 0 Å². The van der Waals surface area contributed by atoms with Crippen molar-refractivity contribution in [2.45, 2.75) is 63.2 Å². The monoisotopic (exact) mass is 678 g/mol. The van der Waals surface area contributed by atoms with Crippen molar-refractivity contribution in [1.82, 2.24) is 19.4 Å². The number of fused-ring (bicyclic) bond motifs is 1. The van der Waals surface area contributed by atoms with E-state index in [9.17, 15) is 29.9 Å². The van der Waals surface area contributed by atoms with Crippen molar-refractivity contribution in [2.24, 2.45) is 0 Å². The van der Waals surface area contributed by atoms with Gasteiger partial charge in [-0.1, -0.05) is 74.1 Å². The highest BCUT2D eigenvalue weighted by Gasteiger charge is 2.30. The van der Waals surface area contributed by atoms with Crippen LogP contribution in [0, 0.1) is 5.82 Å². The van der Waals surface area contributed by atoms with Gasteiger partial charge in [-0.05, 0) is 78.8 Å². The molecule has 47 heavy (non-hydrogen) atoms. The summed E-state index contributed by atoms with van der Waals surface area (Å²) in [7, 11) is 0. The third-order valence-electron chi connectivity index (χ3n) is 7.34. The number of rotatable bonds is 13. The summed E-state index contributed by atoms with van der Waals surface area (Å²) in [6, 6.07) is 5.46. The van der Waals surface area contributed by atoms with Crippen LogP contribution in [0.3, 0.4) is 0 Å². The highest BCUT2D eigenvalue weighted by atomic mass is 32.2. The molecule has 0 bridgehead atoms. The zero-order valence-electron chi connectivity index (χ0n) is 37.4. The van der Waals surface area contributed by atoms with E-state index in [0.29, 0.717) is 20.6 Å². The molecule has 1 amide bonds. The lowest BCUT2D eigenvalue weighted by molar-refractivity contribution is -0.137. The molecule has 0 aliphatic heterocycles. The second kappa shape index (κ2) is 15.3. The summed E-state index contributed by atoms with van der Waals surface area (Å²) in [6.07, 6.45) is -4.24. The van der Waals surface area contributed by atoms with Crippen LogP contribution in [0.25, 0.3) is 11.1 Å². The molecule has 0 fully saturated rings. The summed E-state index contributed by atoms with van der Waals surface area (Å²) in [5, 5.41) is -0.812. The number of amides is 1. The third-order valence-corrected chi connectivity index (χ3v) is 8.11. The Balaban J connectivity index is 1.65. The number of nitrogens with zero attached hydrogens (tertiary/aromatic N) is 4. The molecule has 4 aromatic rings. The minimum absolute atomic E-state index is 0.0236. The van der Waals surface area contributed by atoms with Gasteiger partial charge in [0.05, 0.1) is 16.5 Å². The van der Waals surface area contributed by atoms with E-state index in [-0.39, 0.29) is 60.9 Å². The number of hydrogen-bond acceptors (Lipinski definition) is 5. The SMILES string of the molecule is [2H]c1c([2H])c(C([2H])([2H])Sc2nc(=O)c3c(n2C([2H])([2H])C(=O)N(Cc2ccc(-c4ccc(C(F)(F)F)cc4)cc2)C([2H])([2H])C([2H])([2H])N(CC)CC)CCC3)c([2H])c([2H])c1F. The third kappa shape index (κ3) is 8.70. The van der Waals surface area contributed by atoms with E-state index in [1.165, 1.54) is 36.4 Å². The Morgan fingerprint density at radius 1 is 0.957 bits per heavy atom. The predicted molar refractivity (Wildman–Crippen MR) is 177 cm³/mol. The molecule has 0 atom stereocenters. The first kappa shape index (κ1) is 21.8. The van der Waals surface area contributed by atoms with Crippen LogP contribution in [0.4, 0.5) is 17.6 Å². The molecular weight excluding hydrogens is 628 g/mol. The first-order valence-electron chi connectivity index (χ1n) is 20.7. The standard InChI is InChI=1S/C36H38F4N4O2S/c1-3-42(4-2)20-21-43(22-25-8-12-27(13-9-25)28-14-16-29(17-15-28)36(38,39)40)33(45)23-44-32-7-5-6-31(32)34(46)41-35(44)47-24-26-10-18-30(37)19-11-26/h8-19H,3-7,20-24H2,1-2H3/i10D,11D,18D,19D,20D2,21D2,23D2,24D2. The molecular formula is C36H38F4N4O2S. The molecule has 0 saturated carbocycles. The van der Waals surface area contributed by atoms with Gasteiger partial charge in [0.25, 0.3) is 5.56 Å². The maximum Gasteiger partial charge on any atom is 0.416 e. The molecule has 0 N–H and O–H groups in total. The van der Waals surface area contributed by atoms with E-state index >= 15 is 0 Å². The number of hydrogen-bond donors (Lipinski definition) is 0. The van der Waals surface area contributed by atoms with Crippen molar-refractivity contribution in [3.8, 4) is 11.1 Å². The van der Waals surface area contributed by atoms with Gasteiger partial charge in [0.2, 0.25) is 5.91 Å². The fourth-order valence-corrected chi connectivity index (χ4v) is 5.49. The number of halogens is 4. The molecule has 0 radical (unpaired) electrons. The van der Waals surface area contributed by atoms with Crippen molar-refractivity contribution < 1.29 is 38.8 Å². The molecule has 11 heteroatoms. The van der Waals surface area contributed by atoms with Gasteiger partial charge in [0.1, 0.15) is 12.3 Å². The van der Waals surface area contributed by atoms with Gasteiger partial charge in [-0.3, -0.25) is 9.59 Å². The van der Waals surface area contributed by atoms with Gasteiger partial charge in [-0.15, -0.1) is 0 Å². The molecule has 3 aromatic carbocycles. The van der Waals surface area contributed by atoms with E-state index in [1.54, 1.807) is 13.8 Å².